The smallest absolute Gasteiger partial charge is 0.225 e. The third kappa shape index (κ3) is 2.97. The van der Waals surface area contributed by atoms with Gasteiger partial charge in [0.05, 0.1) is 5.92 Å². The number of hydrogen-bond donors (Lipinski definition) is 1. The summed E-state index contributed by atoms with van der Waals surface area (Å²) in [6.45, 7) is 5.33. The molecule has 4 heteroatoms. The van der Waals surface area contributed by atoms with Crippen molar-refractivity contribution in [2.75, 3.05) is 13.1 Å². The molecule has 1 aliphatic heterocycles. The summed E-state index contributed by atoms with van der Waals surface area (Å²) in [6.07, 6.45) is 9.68. The first-order chi connectivity index (χ1) is 11.4. The molecule has 1 N–H and O–H groups in total. The Morgan fingerprint density at radius 2 is 1.62 bits per heavy atom. The zero-order valence-electron chi connectivity index (χ0n) is 15.2. The number of hydrogen-bond acceptors (Lipinski definition) is 2. The Hall–Kier alpha value is -1.06. The molecule has 1 saturated heterocycles. The van der Waals surface area contributed by atoms with Gasteiger partial charge in [0, 0.05) is 24.5 Å². The molecule has 24 heavy (non-hydrogen) atoms. The molecular weight excluding hydrogens is 300 g/mol. The fourth-order valence-corrected chi connectivity index (χ4v) is 6.38. The largest absolute Gasteiger partial charge is 0.350 e. The lowest BCUT2D eigenvalue weighted by molar-refractivity contribution is -0.139. The van der Waals surface area contributed by atoms with Gasteiger partial charge in [-0.1, -0.05) is 13.8 Å². The standard InChI is InChI=1S/C20H32N2O2/c1-13(2)19(24)22-5-3-4-17(12-22)18(23)21-20-9-14-6-15(10-20)8-16(7-14)11-20/h13-17H,3-12H2,1-2H3,(H,21,23)/t14?,15?,16?,17-,20?/m0/s1. The van der Waals surface area contributed by atoms with E-state index in [0.717, 1.165) is 37.1 Å². The van der Waals surface area contributed by atoms with Gasteiger partial charge in [-0.3, -0.25) is 9.59 Å². The number of carbonyl (C=O) groups excluding carboxylic acids is 2. The van der Waals surface area contributed by atoms with E-state index in [1.165, 1.54) is 38.5 Å². The van der Waals surface area contributed by atoms with Crippen LogP contribution in [0.25, 0.3) is 0 Å². The van der Waals surface area contributed by atoms with Crippen LogP contribution >= 0.6 is 0 Å². The summed E-state index contributed by atoms with van der Waals surface area (Å²) in [5.41, 5.74) is 0.0934. The summed E-state index contributed by atoms with van der Waals surface area (Å²) >= 11 is 0. The lowest BCUT2D eigenvalue weighted by Crippen LogP contribution is -2.61. The average molecular weight is 332 g/mol. The molecule has 0 radical (unpaired) electrons. The van der Waals surface area contributed by atoms with Crippen molar-refractivity contribution >= 4 is 11.8 Å². The van der Waals surface area contributed by atoms with E-state index < -0.39 is 0 Å². The van der Waals surface area contributed by atoms with Crippen LogP contribution < -0.4 is 5.32 Å². The van der Waals surface area contributed by atoms with Gasteiger partial charge in [-0.15, -0.1) is 0 Å². The topological polar surface area (TPSA) is 49.4 Å². The summed E-state index contributed by atoms with van der Waals surface area (Å²) < 4.78 is 0. The summed E-state index contributed by atoms with van der Waals surface area (Å²) in [4.78, 5) is 27.2. The zero-order valence-corrected chi connectivity index (χ0v) is 15.2. The Bertz CT molecular complexity index is 492. The third-order valence-electron chi connectivity index (χ3n) is 7.02. The molecule has 4 saturated carbocycles. The van der Waals surface area contributed by atoms with Crippen molar-refractivity contribution in [2.24, 2.45) is 29.6 Å². The van der Waals surface area contributed by atoms with Gasteiger partial charge in [0.1, 0.15) is 0 Å². The molecule has 134 valence electrons. The molecule has 4 aliphatic carbocycles. The molecule has 4 nitrogen and oxygen atoms in total. The van der Waals surface area contributed by atoms with E-state index in [4.69, 9.17) is 0 Å². The molecule has 5 rings (SSSR count). The van der Waals surface area contributed by atoms with E-state index in [0.29, 0.717) is 6.54 Å². The first-order valence-electron chi connectivity index (χ1n) is 10.0. The van der Waals surface area contributed by atoms with Crippen LogP contribution in [0.15, 0.2) is 0 Å². The van der Waals surface area contributed by atoms with E-state index in [2.05, 4.69) is 5.32 Å². The number of amides is 2. The van der Waals surface area contributed by atoms with Gasteiger partial charge in [0.2, 0.25) is 11.8 Å². The van der Waals surface area contributed by atoms with Crippen LogP contribution in [0.3, 0.4) is 0 Å². The van der Waals surface area contributed by atoms with Crippen molar-refractivity contribution < 1.29 is 9.59 Å². The van der Waals surface area contributed by atoms with Crippen molar-refractivity contribution in [1.82, 2.24) is 10.2 Å². The van der Waals surface area contributed by atoms with Gasteiger partial charge in [-0.2, -0.15) is 0 Å². The van der Waals surface area contributed by atoms with Crippen molar-refractivity contribution in [3.05, 3.63) is 0 Å². The van der Waals surface area contributed by atoms with Crippen LogP contribution in [0.1, 0.15) is 65.2 Å². The molecule has 5 aliphatic rings. The minimum atomic E-state index is -0.00513. The highest BCUT2D eigenvalue weighted by Crippen LogP contribution is 2.55. The minimum absolute atomic E-state index is 0.00513. The van der Waals surface area contributed by atoms with E-state index >= 15 is 0 Å². The summed E-state index contributed by atoms with van der Waals surface area (Å²) in [5, 5.41) is 3.51. The molecule has 0 aromatic heterocycles. The molecule has 2 amide bonds. The van der Waals surface area contributed by atoms with Crippen LogP contribution in [0.2, 0.25) is 0 Å². The molecule has 4 bridgehead atoms. The highest BCUT2D eigenvalue weighted by molar-refractivity contribution is 5.82. The lowest BCUT2D eigenvalue weighted by atomic mass is 9.53. The molecule has 0 spiro atoms. The molecule has 1 heterocycles. The van der Waals surface area contributed by atoms with E-state index in [1.54, 1.807) is 0 Å². The van der Waals surface area contributed by atoms with E-state index in [9.17, 15) is 9.59 Å². The number of likely N-dealkylation sites (tertiary alicyclic amines) is 1. The maximum Gasteiger partial charge on any atom is 0.225 e. The Kier molecular flexibility index (Phi) is 4.12. The van der Waals surface area contributed by atoms with Gasteiger partial charge in [0.15, 0.2) is 0 Å². The maximum atomic E-state index is 13.0. The first-order valence-corrected chi connectivity index (χ1v) is 10.0. The van der Waals surface area contributed by atoms with Crippen LogP contribution in [0.5, 0.6) is 0 Å². The van der Waals surface area contributed by atoms with Crippen molar-refractivity contribution in [1.29, 1.82) is 0 Å². The number of rotatable bonds is 3. The maximum absolute atomic E-state index is 13.0. The average Bonchev–Trinajstić information content (AvgIpc) is 2.52. The highest BCUT2D eigenvalue weighted by atomic mass is 16.2. The van der Waals surface area contributed by atoms with Crippen LogP contribution in [0.4, 0.5) is 0 Å². The SMILES string of the molecule is CC(C)C(=O)N1CCC[C@H](C(=O)NC23CC4CC(CC(C4)C2)C3)C1. The number of piperidine rings is 1. The molecule has 0 aromatic rings. The van der Waals surface area contributed by atoms with Crippen LogP contribution in [-0.2, 0) is 9.59 Å². The zero-order chi connectivity index (χ0) is 16.9. The Morgan fingerprint density at radius 1 is 1.04 bits per heavy atom. The second-order valence-corrected chi connectivity index (χ2v) is 9.47. The van der Waals surface area contributed by atoms with Crippen molar-refractivity contribution in [3.63, 3.8) is 0 Å². The summed E-state index contributed by atoms with van der Waals surface area (Å²) in [6, 6.07) is 0. The monoisotopic (exact) mass is 332 g/mol. The molecular formula is C20H32N2O2. The molecule has 0 aromatic carbocycles. The Morgan fingerprint density at radius 3 is 2.17 bits per heavy atom. The second kappa shape index (κ2) is 6.03. The minimum Gasteiger partial charge on any atom is -0.350 e. The molecule has 0 unspecified atom stereocenters. The van der Waals surface area contributed by atoms with Gasteiger partial charge >= 0.3 is 0 Å². The fraction of sp³-hybridized carbons (Fsp3) is 0.900. The molecule has 1 atom stereocenters. The van der Waals surface area contributed by atoms with Crippen molar-refractivity contribution in [3.8, 4) is 0 Å². The van der Waals surface area contributed by atoms with E-state index in [-0.39, 0.29) is 29.2 Å². The fourth-order valence-electron chi connectivity index (χ4n) is 6.38. The molecule has 5 fully saturated rings. The summed E-state index contributed by atoms with van der Waals surface area (Å²) in [7, 11) is 0. The first kappa shape index (κ1) is 16.4. The van der Waals surface area contributed by atoms with Crippen LogP contribution in [-0.4, -0.2) is 35.3 Å². The second-order valence-electron chi connectivity index (χ2n) is 9.47. The number of carbonyl (C=O) groups is 2. The number of nitrogens with zero attached hydrogens (tertiary/aromatic N) is 1. The van der Waals surface area contributed by atoms with Gasteiger partial charge in [-0.25, -0.2) is 0 Å². The van der Waals surface area contributed by atoms with Gasteiger partial charge in [-0.05, 0) is 69.1 Å². The van der Waals surface area contributed by atoms with E-state index in [1.807, 2.05) is 18.7 Å². The predicted molar refractivity (Wildman–Crippen MR) is 93.2 cm³/mol. The normalized spacial score (nSPS) is 40.9. The highest BCUT2D eigenvalue weighted by Gasteiger charge is 2.52. The lowest BCUT2D eigenvalue weighted by Gasteiger charge is -2.57. The van der Waals surface area contributed by atoms with Gasteiger partial charge in [0.25, 0.3) is 0 Å². The summed E-state index contributed by atoms with van der Waals surface area (Å²) in [5.74, 6) is 2.98. The Balaban J connectivity index is 1.40. The predicted octanol–water partition coefficient (Wildman–Crippen LogP) is 2.97. The van der Waals surface area contributed by atoms with Crippen molar-refractivity contribution in [2.45, 2.75) is 70.8 Å². The third-order valence-corrected chi connectivity index (χ3v) is 7.02. The Labute approximate surface area is 145 Å². The number of nitrogens with one attached hydrogen (secondary N) is 1. The van der Waals surface area contributed by atoms with Gasteiger partial charge < -0.3 is 10.2 Å². The van der Waals surface area contributed by atoms with Crippen LogP contribution in [0, 0.1) is 29.6 Å². The quantitative estimate of drug-likeness (QED) is 0.864.